The van der Waals surface area contributed by atoms with Crippen molar-refractivity contribution in [3.05, 3.63) is 23.8 Å². The van der Waals surface area contributed by atoms with Crippen molar-refractivity contribution in [3.63, 3.8) is 0 Å². The molecular formula is C15H21NO3. The normalized spacial score (nSPS) is 18.3. The van der Waals surface area contributed by atoms with Crippen molar-refractivity contribution in [2.24, 2.45) is 5.41 Å². The third-order valence-corrected chi connectivity index (χ3v) is 4.11. The van der Waals surface area contributed by atoms with Crippen LogP contribution >= 0.6 is 0 Å². The molecule has 2 rings (SSSR count). The maximum Gasteiger partial charge on any atom is 0.311 e. The van der Waals surface area contributed by atoms with Crippen LogP contribution in [0, 0.1) is 5.41 Å². The number of ether oxygens (including phenoxy) is 1. The fourth-order valence-corrected chi connectivity index (χ4v) is 2.80. The smallest absolute Gasteiger partial charge is 0.311 e. The first-order valence-corrected chi connectivity index (χ1v) is 6.58. The number of hydrogen-bond donors (Lipinski definition) is 1. The minimum Gasteiger partial charge on any atom is -0.497 e. The van der Waals surface area contributed by atoms with Crippen LogP contribution < -0.4 is 9.64 Å². The predicted molar refractivity (Wildman–Crippen MR) is 74.9 cm³/mol. The lowest BCUT2D eigenvalue weighted by Crippen LogP contribution is -2.47. The Hall–Kier alpha value is -1.71. The molecule has 0 aromatic heterocycles. The van der Waals surface area contributed by atoms with Gasteiger partial charge in [0.15, 0.2) is 0 Å². The molecule has 1 aliphatic rings. The molecule has 4 heteroatoms. The summed E-state index contributed by atoms with van der Waals surface area (Å²) in [4.78, 5) is 13.7. The molecule has 0 bridgehead atoms. The van der Waals surface area contributed by atoms with Crippen molar-refractivity contribution in [1.29, 1.82) is 0 Å². The number of hydrogen-bond acceptors (Lipinski definition) is 3. The highest BCUT2D eigenvalue weighted by Crippen LogP contribution is 2.41. The summed E-state index contributed by atoms with van der Waals surface area (Å²) >= 11 is 0. The number of methoxy groups -OCH3 is 1. The first kappa shape index (κ1) is 13.7. The zero-order chi connectivity index (χ0) is 14.2. The first-order valence-electron chi connectivity index (χ1n) is 6.58. The Bertz CT molecular complexity index is 496. The molecule has 0 saturated carbocycles. The fraction of sp³-hybridized carbons (Fsp3) is 0.533. The summed E-state index contributed by atoms with van der Waals surface area (Å²) in [6, 6.07) is 5.94. The Labute approximate surface area is 114 Å². The molecule has 1 heterocycles. The van der Waals surface area contributed by atoms with Crippen LogP contribution in [0.15, 0.2) is 18.2 Å². The van der Waals surface area contributed by atoms with Crippen molar-refractivity contribution in [1.82, 2.24) is 0 Å². The number of aliphatic carboxylic acids is 1. The molecule has 104 valence electrons. The molecule has 0 radical (unpaired) electrons. The highest BCUT2D eigenvalue weighted by molar-refractivity contribution is 5.77. The summed E-state index contributed by atoms with van der Waals surface area (Å²) in [7, 11) is 1.65. The maximum atomic E-state index is 11.5. The van der Waals surface area contributed by atoms with E-state index in [0.717, 1.165) is 24.4 Å². The van der Waals surface area contributed by atoms with Gasteiger partial charge in [-0.25, -0.2) is 0 Å². The van der Waals surface area contributed by atoms with Crippen LogP contribution in [0.3, 0.4) is 0 Å². The molecule has 4 nitrogen and oxygen atoms in total. The third-order valence-electron chi connectivity index (χ3n) is 4.11. The summed E-state index contributed by atoms with van der Waals surface area (Å²) in [5.74, 6) is 0.0688. The summed E-state index contributed by atoms with van der Waals surface area (Å²) in [6.07, 6.45) is 0.750. The number of rotatable bonds is 4. The number of benzene rings is 1. The Kier molecular flexibility index (Phi) is 3.43. The van der Waals surface area contributed by atoms with E-state index in [9.17, 15) is 9.90 Å². The Balaban J connectivity index is 2.40. The van der Waals surface area contributed by atoms with Gasteiger partial charge in [0, 0.05) is 18.3 Å². The van der Waals surface area contributed by atoms with Gasteiger partial charge in [-0.1, -0.05) is 0 Å². The average molecular weight is 263 g/mol. The Morgan fingerprint density at radius 3 is 2.74 bits per heavy atom. The minimum atomic E-state index is -0.776. The molecule has 1 N–H and O–H groups in total. The number of carboxylic acids is 1. The van der Waals surface area contributed by atoms with Crippen molar-refractivity contribution in [2.45, 2.75) is 33.2 Å². The lowest BCUT2D eigenvalue weighted by Gasteiger charge is -2.35. The quantitative estimate of drug-likeness (QED) is 0.907. The second-order valence-electron chi connectivity index (χ2n) is 5.53. The van der Waals surface area contributed by atoms with Gasteiger partial charge in [-0.3, -0.25) is 4.79 Å². The van der Waals surface area contributed by atoms with Crippen LogP contribution in [0.2, 0.25) is 0 Å². The van der Waals surface area contributed by atoms with E-state index in [1.165, 1.54) is 5.56 Å². The third kappa shape index (κ3) is 2.15. The second kappa shape index (κ2) is 4.76. The number of carbonyl (C=O) groups is 1. The summed E-state index contributed by atoms with van der Waals surface area (Å²) < 4.78 is 5.24. The molecule has 1 aromatic carbocycles. The van der Waals surface area contributed by atoms with E-state index in [1.807, 2.05) is 18.2 Å². The number of likely N-dealkylation sites (N-methyl/N-ethyl adjacent to an activating group) is 1. The van der Waals surface area contributed by atoms with E-state index >= 15 is 0 Å². The standard InChI is InChI=1S/C15H21NO3/c1-5-16-12-7-6-11(19-4)8-10(12)9-13(16)15(2,3)14(17)18/h6-8,13H,5,9H2,1-4H3,(H,17,18). The molecule has 0 aliphatic carbocycles. The second-order valence-corrected chi connectivity index (χ2v) is 5.53. The molecule has 1 aliphatic heterocycles. The number of carboxylic acid groups (broad SMARTS) is 1. The predicted octanol–water partition coefficient (Wildman–Crippen LogP) is 2.56. The van der Waals surface area contributed by atoms with E-state index in [2.05, 4.69) is 11.8 Å². The van der Waals surface area contributed by atoms with Crippen LogP contribution in [0.1, 0.15) is 26.3 Å². The molecule has 0 fully saturated rings. The van der Waals surface area contributed by atoms with Gasteiger partial charge in [0.05, 0.1) is 12.5 Å². The first-order chi connectivity index (χ1) is 8.91. The van der Waals surface area contributed by atoms with Crippen LogP contribution in [-0.2, 0) is 11.2 Å². The topological polar surface area (TPSA) is 49.8 Å². The maximum absolute atomic E-state index is 11.5. The largest absolute Gasteiger partial charge is 0.497 e. The van der Waals surface area contributed by atoms with E-state index in [-0.39, 0.29) is 6.04 Å². The summed E-state index contributed by atoms with van der Waals surface area (Å²) in [5, 5.41) is 9.44. The van der Waals surface area contributed by atoms with E-state index in [1.54, 1.807) is 21.0 Å². The van der Waals surface area contributed by atoms with Gasteiger partial charge in [0.2, 0.25) is 0 Å². The Morgan fingerprint density at radius 2 is 2.21 bits per heavy atom. The van der Waals surface area contributed by atoms with E-state index in [4.69, 9.17) is 4.74 Å². The van der Waals surface area contributed by atoms with Gasteiger partial charge in [0.25, 0.3) is 0 Å². The molecule has 1 unspecified atom stereocenters. The lowest BCUT2D eigenvalue weighted by molar-refractivity contribution is -0.148. The molecule has 19 heavy (non-hydrogen) atoms. The summed E-state index contributed by atoms with van der Waals surface area (Å²) in [6.45, 7) is 6.46. The summed E-state index contributed by atoms with van der Waals surface area (Å²) in [5.41, 5.74) is 1.52. The molecule has 1 aromatic rings. The Morgan fingerprint density at radius 1 is 1.53 bits per heavy atom. The number of fused-ring (bicyclic) bond motifs is 1. The number of nitrogens with zero attached hydrogens (tertiary/aromatic N) is 1. The fourth-order valence-electron chi connectivity index (χ4n) is 2.80. The van der Waals surface area contributed by atoms with Gasteiger partial charge >= 0.3 is 5.97 Å². The monoisotopic (exact) mass is 263 g/mol. The van der Waals surface area contributed by atoms with Crippen LogP contribution in [0.4, 0.5) is 5.69 Å². The van der Waals surface area contributed by atoms with Crippen molar-refractivity contribution in [3.8, 4) is 5.75 Å². The molecule has 0 amide bonds. The van der Waals surface area contributed by atoms with E-state index in [0.29, 0.717) is 0 Å². The molecule has 1 atom stereocenters. The van der Waals surface area contributed by atoms with Gasteiger partial charge in [0.1, 0.15) is 5.75 Å². The average Bonchev–Trinajstić information content (AvgIpc) is 2.76. The van der Waals surface area contributed by atoms with Crippen LogP contribution in [0.25, 0.3) is 0 Å². The van der Waals surface area contributed by atoms with Gasteiger partial charge in [-0.15, -0.1) is 0 Å². The number of anilines is 1. The van der Waals surface area contributed by atoms with Crippen molar-refractivity contribution in [2.75, 3.05) is 18.6 Å². The van der Waals surface area contributed by atoms with Gasteiger partial charge < -0.3 is 14.7 Å². The lowest BCUT2D eigenvalue weighted by atomic mass is 9.82. The zero-order valence-corrected chi connectivity index (χ0v) is 11.9. The highest BCUT2D eigenvalue weighted by atomic mass is 16.5. The molecular weight excluding hydrogens is 242 g/mol. The minimum absolute atomic E-state index is 0.0166. The zero-order valence-electron chi connectivity index (χ0n) is 11.9. The van der Waals surface area contributed by atoms with Crippen LogP contribution in [-0.4, -0.2) is 30.8 Å². The highest BCUT2D eigenvalue weighted by Gasteiger charge is 2.44. The van der Waals surface area contributed by atoms with Crippen molar-refractivity contribution >= 4 is 11.7 Å². The SMILES string of the molecule is CCN1c2ccc(OC)cc2CC1C(C)(C)C(=O)O. The van der Waals surface area contributed by atoms with E-state index < -0.39 is 11.4 Å². The van der Waals surface area contributed by atoms with Gasteiger partial charge in [-0.2, -0.15) is 0 Å². The molecule has 0 saturated heterocycles. The molecule has 0 spiro atoms. The van der Waals surface area contributed by atoms with Gasteiger partial charge in [-0.05, 0) is 51.0 Å². The van der Waals surface area contributed by atoms with Crippen molar-refractivity contribution < 1.29 is 14.6 Å². The van der Waals surface area contributed by atoms with Crippen LogP contribution in [0.5, 0.6) is 5.75 Å².